The zero-order chi connectivity index (χ0) is 24.6. The number of hydrogen-bond acceptors (Lipinski definition) is 7. The summed E-state index contributed by atoms with van der Waals surface area (Å²) in [5.74, 6) is 0.346. The number of alkyl halides is 3. The molecule has 0 N–H and O–H groups in total. The van der Waals surface area contributed by atoms with Gasteiger partial charge in [-0.05, 0) is 37.3 Å². The molecule has 1 fully saturated rings. The fraction of sp³-hybridized carbons (Fsp3) is 0.348. The molecule has 0 saturated carbocycles. The average molecular weight is 485 g/mol. The quantitative estimate of drug-likeness (QED) is 0.427. The van der Waals surface area contributed by atoms with Crippen molar-refractivity contribution >= 4 is 16.9 Å². The molecule has 1 aliphatic heterocycles. The molecule has 0 aliphatic carbocycles. The van der Waals surface area contributed by atoms with Gasteiger partial charge in [-0.1, -0.05) is 22.5 Å². The molecule has 1 amide bonds. The number of halogens is 3. The first-order valence-corrected chi connectivity index (χ1v) is 11.2. The lowest BCUT2D eigenvalue weighted by Gasteiger charge is -2.34. The summed E-state index contributed by atoms with van der Waals surface area (Å²) in [5, 5.41) is 12.0. The molecule has 12 heteroatoms. The molecule has 3 heterocycles. The van der Waals surface area contributed by atoms with E-state index in [1.807, 2.05) is 13.0 Å². The van der Waals surface area contributed by atoms with Gasteiger partial charge in [-0.15, -0.1) is 5.10 Å². The maximum atomic E-state index is 13.0. The van der Waals surface area contributed by atoms with E-state index in [0.29, 0.717) is 56.2 Å². The predicted molar refractivity (Wildman–Crippen MR) is 119 cm³/mol. The average Bonchev–Trinajstić information content (AvgIpc) is 3.50. The Bertz CT molecular complexity index is 1360. The van der Waals surface area contributed by atoms with Gasteiger partial charge in [0.05, 0.1) is 17.6 Å². The number of piperazine rings is 1. The van der Waals surface area contributed by atoms with Crippen molar-refractivity contribution in [2.24, 2.45) is 0 Å². The van der Waals surface area contributed by atoms with Crippen LogP contribution in [0, 0.1) is 0 Å². The van der Waals surface area contributed by atoms with Crippen LogP contribution >= 0.6 is 0 Å². The number of aromatic nitrogens is 5. The van der Waals surface area contributed by atoms with Crippen molar-refractivity contribution in [1.82, 2.24) is 34.9 Å². The van der Waals surface area contributed by atoms with Crippen LogP contribution in [0.5, 0.6) is 0 Å². The second-order valence-electron chi connectivity index (χ2n) is 8.27. The Balaban J connectivity index is 1.19. The van der Waals surface area contributed by atoms with Gasteiger partial charge in [-0.3, -0.25) is 9.69 Å². The molecule has 4 aromatic rings. The van der Waals surface area contributed by atoms with Gasteiger partial charge in [0.15, 0.2) is 0 Å². The summed E-state index contributed by atoms with van der Waals surface area (Å²) in [4.78, 5) is 21.1. The van der Waals surface area contributed by atoms with Gasteiger partial charge in [-0.2, -0.15) is 18.2 Å². The van der Waals surface area contributed by atoms with E-state index in [-0.39, 0.29) is 17.3 Å². The molecule has 5 rings (SSSR count). The minimum Gasteiger partial charge on any atom is -0.338 e. The molecule has 182 valence electrons. The van der Waals surface area contributed by atoms with Crippen molar-refractivity contribution in [2.45, 2.75) is 26.2 Å². The van der Waals surface area contributed by atoms with Crippen LogP contribution in [0.2, 0.25) is 0 Å². The number of rotatable bonds is 5. The number of hydrogen-bond donors (Lipinski definition) is 0. The van der Waals surface area contributed by atoms with Gasteiger partial charge in [0.25, 0.3) is 5.91 Å². The fourth-order valence-electron chi connectivity index (χ4n) is 4.09. The van der Waals surface area contributed by atoms with E-state index >= 15 is 0 Å². The van der Waals surface area contributed by atoms with E-state index in [1.54, 1.807) is 21.7 Å². The summed E-state index contributed by atoms with van der Waals surface area (Å²) < 4.78 is 46.0. The molecule has 0 atom stereocenters. The molecule has 0 spiro atoms. The molecule has 35 heavy (non-hydrogen) atoms. The third-order valence-electron chi connectivity index (χ3n) is 5.99. The van der Waals surface area contributed by atoms with Crippen LogP contribution in [0.25, 0.3) is 22.4 Å². The monoisotopic (exact) mass is 485 g/mol. The minimum atomic E-state index is -4.44. The molecular weight excluding hydrogens is 463 g/mol. The van der Waals surface area contributed by atoms with Crippen LogP contribution in [0.1, 0.15) is 28.7 Å². The number of benzene rings is 2. The van der Waals surface area contributed by atoms with Crippen molar-refractivity contribution in [3.8, 4) is 11.4 Å². The second-order valence-corrected chi connectivity index (χ2v) is 8.27. The molecule has 2 aromatic carbocycles. The van der Waals surface area contributed by atoms with E-state index in [4.69, 9.17) is 4.52 Å². The smallest absolute Gasteiger partial charge is 0.338 e. The first-order chi connectivity index (χ1) is 16.8. The van der Waals surface area contributed by atoms with Gasteiger partial charge >= 0.3 is 6.18 Å². The second kappa shape index (κ2) is 9.10. The summed E-state index contributed by atoms with van der Waals surface area (Å²) >= 11 is 0. The highest BCUT2D eigenvalue weighted by Crippen LogP contribution is 2.31. The van der Waals surface area contributed by atoms with Crippen molar-refractivity contribution in [2.75, 3.05) is 26.2 Å². The number of carbonyl (C=O) groups excluding carboxylic acids is 1. The van der Waals surface area contributed by atoms with Crippen molar-refractivity contribution in [3.63, 3.8) is 0 Å². The first-order valence-electron chi connectivity index (χ1n) is 11.2. The Kier molecular flexibility index (Phi) is 5.97. The van der Waals surface area contributed by atoms with Gasteiger partial charge in [0, 0.05) is 43.9 Å². The van der Waals surface area contributed by atoms with Crippen LogP contribution in [-0.4, -0.2) is 67.0 Å². The largest absolute Gasteiger partial charge is 0.416 e. The summed E-state index contributed by atoms with van der Waals surface area (Å²) in [6, 6.07) is 10.2. The van der Waals surface area contributed by atoms with E-state index < -0.39 is 11.7 Å². The van der Waals surface area contributed by atoms with Crippen LogP contribution in [0.15, 0.2) is 47.0 Å². The Morgan fingerprint density at radius 2 is 1.89 bits per heavy atom. The van der Waals surface area contributed by atoms with Crippen molar-refractivity contribution in [3.05, 3.63) is 59.5 Å². The number of fused-ring (bicyclic) bond motifs is 1. The SMILES string of the molecule is CCn1nnc2cc(C(=O)N3CCN(Cc4nc(-c5cccc(C(F)(F)F)c5)no4)CC3)ccc21. The maximum absolute atomic E-state index is 13.0. The Morgan fingerprint density at radius 1 is 1.09 bits per heavy atom. The Labute approximate surface area is 198 Å². The van der Waals surface area contributed by atoms with E-state index in [2.05, 4.69) is 25.4 Å². The number of aryl methyl sites for hydroxylation is 1. The van der Waals surface area contributed by atoms with Crippen LogP contribution in [0.4, 0.5) is 13.2 Å². The number of nitrogens with zero attached hydrogens (tertiary/aromatic N) is 7. The van der Waals surface area contributed by atoms with Crippen LogP contribution < -0.4 is 0 Å². The summed E-state index contributed by atoms with van der Waals surface area (Å²) in [7, 11) is 0. The predicted octanol–water partition coefficient (Wildman–Crippen LogP) is 3.48. The van der Waals surface area contributed by atoms with Crippen molar-refractivity contribution in [1.29, 1.82) is 0 Å². The van der Waals surface area contributed by atoms with E-state index in [0.717, 1.165) is 17.6 Å². The molecule has 0 radical (unpaired) electrons. The third-order valence-corrected chi connectivity index (χ3v) is 5.99. The van der Waals surface area contributed by atoms with Gasteiger partial charge in [0.1, 0.15) is 5.52 Å². The topological polar surface area (TPSA) is 93.2 Å². The highest BCUT2D eigenvalue weighted by atomic mass is 19.4. The fourth-order valence-corrected chi connectivity index (χ4v) is 4.09. The highest BCUT2D eigenvalue weighted by Gasteiger charge is 2.31. The lowest BCUT2D eigenvalue weighted by Crippen LogP contribution is -2.48. The molecule has 9 nitrogen and oxygen atoms in total. The number of amides is 1. The number of carbonyl (C=O) groups is 1. The van der Waals surface area contributed by atoms with Gasteiger partial charge < -0.3 is 9.42 Å². The minimum absolute atomic E-state index is 0.0674. The van der Waals surface area contributed by atoms with E-state index in [1.165, 1.54) is 12.1 Å². The molecule has 0 bridgehead atoms. The van der Waals surface area contributed by atoms with Crippen molar-refractivity contribution < 1.29 is 22.5 Å². The molecule has 1 aliphatic rings. The lowest BCUT2D eigenvalue weighted by molar-refractivity contribution is -0.137. The first kappa shape index (κ1) is 23.0. The van der Waals surface area contributed by atoms with Gasteiger partial charge in [0.2, 0.25) is 11.7 Å². The van der Waals surface area contributed by atoms with E-state index in [9.17, 15) is 18.0 Å². The summed E-state index contributed by atoms with van der Waals surface area (Å²) in [6.45, 7) is 5.27. The van der Waals surface area contributed by atoms with Gasteiger partial charge in [-0.25, -0.2) is 4.68 Å². The highest BCUT2D eigenvalue weighted by molar-refractivity contribution is 5.97. The Hall–Kier alpha value is -3.80. The lowest BCUT2D eigenvalue weighted by atomic mass is 10.1. The molecule has 1 saturated heterocycles. The normalized spacial score (nSPS) is 15.1. The summed E-state index contributed by atoms with van der Waals surface area (Å²) in [6.07, 6.45) is -4.44. The Morgan fingerprint density at radius 3 is 2.63 bits per heavy atom. The molecular formula is C23H22F3N7O2. The molecule has 2 aromatic heterocycles. The zero-order valence-corrected chi connectivity index (χ0v) is 18.9. The standard InChI is InChI=1S/C23H22F3N7O2/c1-2-33-19-7-6-16(13-18(19)28-30-33)22(34)32-10-8-31(9-11-32)14-20-27-21(29-35-20)15-4-3-5-17(12-15)23(24,25)26/h3-7,12-13H,2,8-11,14H2,1H3. The zero-order valence-electron chi connectivity index (χ0n) is 18.9. The third kappa shape index (κ3) is 4.74. The van der Waals surface area contributed by atoms with Crippen LogP contribution in [-0.2, 0) is 19.3 Å². The maximum Gasteiger partial charge on any atom is 0.416 e. The molecule has 0 unspecified atom stereocenters. The summed E-state index contributed by atoms with van der Waals surface area (Å²) in [5.41, 5.74) is 1.61. The van der Waals surface area contributed by atoms with Crippen LogP contribution in [0.3, 0.4) is 0 Å².